The van der Waals surface area contributed by atoms with Crippen molar-refractivity contribution in [1.82, 2.24) is 4.98 Å². The molecular formula is C18H18N2O3S. The van der Waals surface area contributed by atoms with Gasteiger partial charge in [0.1, 0.15) is 0 Å². The number of carbonyl (C=O) groups is 2. The minimum atomic E-state index is -0.948. The number of carboxylic acids is 1. The molecule has 1 heterocycles. The van der Waals surface area contributed by atoms with E-state index in [-0.39, 0.29) is 5.91 Å². The molecule has 6 heteroatoms. The predicted molar refractivity (Wildman–Crippen MR) is 94.0 cm³/mol. The summed E-state index contributed by atoms with van der Waals surface area (Å²) >= 11 is 1.39. The molecule has 0 fully saturated rings. The van der Waals surface area contributed by atoms with Crippen LogP contribution < -0.4 is 5.32 Å². The van der Waals surface area contributed by atoms with Crippen molar-refractivity contribution in [3.05, 3.63) is 46.9 Å². The molecule has 0 spiro atoms. The molecule has 0 radical (unpaired) electrons. The Bertz CT molecular complexity index is 796. The van der Waals surface area contributed by atoms with Gasteiger partial charge in [-0.25, -0.2) is 4.98 Å². The van der Waals surface area contributed by atoms with Crippen LogP contribution in [0.5, 0.6) is 0 Å². The minimum absolute atomic E-state index is 0.336. The molecule has 1 atom stereocenters. The minimum Gasteiger partial charge on any atom is -0.481 e. The van der Waals surface area contributed by atoms with Crippen LogP contribution in [0.3, 0.4) is 0 Å². The normalized spacial score (nSPS) is 17.2. The Morgan fingerprint density at radius 1 is 1.29 bits per heavy atom. The number of hydrogen-bond acceptors (Lipinski definition) is 4. The maximum Gasteiger partial charge on any atom is 0.311 e. The summed E-state index contributed by atoms with van der Waals surface area (Å²) in [5, 5.41) is 12.5. The average Bonchev–Trinajstić information content (AvgIpc) is 2.96. The molecule has 124 valence electrons. The predicted octanol–water partition coefficient (Wildman–Crippen LogP) is 3.87. The van der Waals surface area contributed by atoms with Gasteiger partial charge in [-0.1, -0.05) is 36.4 Å². The van der Waals surface area contributed by atoms with Crippen molar-refractivity contribution in [3.8, 4) is 11.3 Å². The van der Waals surface area contributed by atoms with Crippen LogP contribution in [0.25, 0.3) is 11.3 Å². The van der Waals surface area contributed by atoms with Crippen LogP contribution in [0.2, 0.25) is 0 Å². The lowest BCUT2D eigenvalue weighted by atomic mass is 9.87. The molecule has 5 nitrogen and oxygen atoms in total. The molecule has 24 heavy (non-hydrogen) atoms. The Morgan fingerprint density at radius 3 is 2.75 bits per heavy atom. The van der Waals surface area contributed by atoms with Crippen LogP contribution in [0.4, 0.5) is 5.13 Å². The second-order valence-corrected chi connectivity index (χ2v) is 6.93. The van der Waals surface area contributed by atoms with E-state index in [1.165, 1.54) is 11.3 Å². The lowest BCUT2D eigenvalue weighted by molar-refractivity contribution is -0.141. The Balaban J connectivity index is 1.80. The van der Waals surface area contributed by atoms with E-state index in [9.17, 15) is 14.7 Å². The highest BCUT2D eigenvalue weighted by Crippen LogP contribution is 2.31. The number of hydrogen-bond donors (Lipinski definition) is 2. The number of nitrogens with zero attached hydrogens (tertiary/aromatic N) is 1. The summed E-state index contributed by atoms with van der Waals surface area (Å²) in [6, 6.07) is 9.76. The fourth-order valence-corrected chi connectivity index (χ4v) is 3.70. The van der Waals surface area contributed by atoms with E-state index >= 15 is 0 Å². The molecule has 3 rings (SSSR count). The molecule has 1 aliphatic carbocycles. The van der Waals surface area contributed by atoms with E-state index < -0.39 is 11.9 Å². The van der Waals surface area contributed by atoms with Crippen molar-refractivity contribution in [3.63, 3.8) is 0 Å². The average molecular weight is 342 g/mol. The summed E-state index contributed by atoms with van der Waals surface area (Å²) in [6.07, 6.45) is 3.76. The third-order valence-corrected chi connectivity index (χ3v) is 4.95. The molecule has 1 aromatic carbocycles. The second-order valence-electron chi connectivity index (χ2n) is 5.73. The van der Waals surface area contributed by atoms with Crippen LogP contribution in [-0.4, -0.2) is 22.0 Å². The number of carboxylic acid groups (broad SMARTS) is 1. The molecule has 1 aliphatic rings. The van der Waals surface area contributed by atoms with Gasteiger partial charge in [-0.05, 0) is 26.2 Å². The zero-order chi connectivity index (χ0) is 17.1. The topological polar surface area (TPSA) is 79.3 Å². The monoisotopic (exact) mass is 342 g/mol. The lowest BCUT2D eigenvalue weighted by Gasteiger charge is -2.19. The van der Waals surface area contributed by atoms with Crippen molar-refractivity contribution < 1.29 is 14.7 Å². The van der Waals surface area contributed by atoms with Gasteiger partial charge in [0, 0.05) is 16.0 Å². The zero-order valence-electron chi connectivity index (χ0n) is 13.3. The molecule has 0 bridgehead atoms. The summed E-state index contributed by atoms with van der Waals surface area (Å²) in [7, 11) is 0. The molecule has 1 aromatic heterocycles. The Kier molecular flexibility index (Phi) is 4.76. The first-order chi connectivity index (χ1) is 11.6. The van der Waals surface area contributed by atoms with Gasteiger partial charge in [0.05, 0.1) is 11.6 Å². The summed E-state index contributed by atoms with van der Waals surface area (Å²) in [4.78, 5) is 29.3. The van der Waals surface area contributed by atoms with Gasteiger partial charge in [-0.2, -0.15) is 0 Å². The first kappa shape index (κ1) is 16.4. The molecule has 0 saturated heterocycles. The highest BCUT2D eigenvalue weighted by Gasteiger charge is 2.29. The summed E-state index contributed by atoms with van der Waals surface area (Å²) in [6.45, 7) is 1.95. The highest BCUT2D eigenvalue weighted by atomic mass is 32.1. The number of aryl methyl sites for hydroxylation is 1. The van der Waals surface area contributed by atoms with E-state index in [0.717, 1.165) is 29.0 Å². The summed E-state index contributed by atoms with van der Waals surface area (Å²) in [5.41, 5.74) is 2.17. The fraction of sp³-hybridized carbons (Fsp3) is 0.278. The van der Waals surface area contributed by atoms with Gasteiger partial charge in [0.25, 0.3) is 5.91 Å². The Hall–Kier alpha value is -2.47. The fourth-order valence-electron chi connectivity index (χ4n) is 2.87. The molecular weight excluding hydrogens is 324 g/mol. The van der Waals surface area contributed by atoms with Crippen molar-refractivity contribution in [2.24, 2.45) is 5.92 Å². The maximum absolute atomic E-state index is 12.5. The van der Waals surface area contributed by atoms with Crippen molar-refractivity contribution in [2.45, 2.75) is 26.2 Å². The van der Waals surface area contributed by atoms with Crippen molar-refractivity contribution >= 4 is 28.3 Å². The number of allylic oxidation sites excluding steroid dienone is 1. The summed E-state index contributed by atoms with van der Waals surface area (Å²) < 4.78 is 0. The highest BCUT2D eigenvalue weighted by molar-refractivity contribution is 7.16. The molecule has 2 N–H and O–H groups in total. The molecule has 2 aromatic rings. The SMILES string of the molecule is Cc1sc(NC(=O)C2=CCCCC2C(=O)O)nc1-c1ccccc1. The third-order valence-electron chi connectivity index (χ3n) is 4.06. The van der Waals surface area contributed by atoms with Gasteiger partial charge in [-0.3, -0.25) is 14.9 Å². The van der Waals surface area contributed by atoms with Gasteiger partial charge < -0.3 is 5.11 Å². The number of aliphatic carboxylic acids is 1. The Morgan fingerprint density at radius 2 is 2.04 bits per heavy atom. The lowest BCUT2D eigenvalue weighted by Crippen LogP contribution is -2.27. The Labute approximate surface area is 144 Å². The number of nitrogens with one attached hydrogen (secondary N) is 1. The van der Waals surface area contributed by atoms with Crippen molar-refractivity contribution in [1.29, 1.82) is 0 Å². The first-order valence-corrected chi connectivity index (χ1v) is 8.65. The number of thiazole rings is 1. The zero-order valence-corrected chi connectivity index (χ0v) is 14.1. The number of aromatic nitrogens is 1. The molecule has 0 aliphatic heterocycles. The van der Waals surface area contributed by atoms with Crippen LogP contribution in [0.1, 0.15) is 24.1 Å². The standard InChI is InChI=1S/C18H18N2O3S/c1-11-15(12-7-3-2-4-8-12)19-18(24-11)20-16(21)13-9-5-6-10-14(13)17(22)23/h2-4,7-9,14H,5-6,10H2,1H3,(H,22,23)(H,19,20,21). The summed E-state index contributed by atoms with van der Waals surface area (Å²) in [5.74, 6) is -2.04. The number of rotatable bonds is 4. The van der Waals surface area contributed by atoms with Gasteiger partial charge in [0.15, 0.2) is 5.13 Å². The smallest absolute Gasteiger partial charge is 0.311 e. The third kappa shape index (κ3) is 3.38. The maximum atomic E-state index is 12.5. The largest absolute Gasteiger partial charge is 0.481 e. The van der Waals surface area contributed by atoms with E-state index in [2.05, 4.69) is 10.3 Å². The second kappa shape index (κ2) is 6.97. The van der Waals surface area contributed by atoms with E-state index in [1.807, 2.05) is 37.3 Å². The van der Waals surface area contributed by atoms with Crippen LogP contribution >= 0.6 is 11.3 Å². The number of carbonyl (C=O) groups excluding carboxylic acids is 1. The van der Waals surface area contributed by atoms with Gasteiger partial charge >= 0.3 is 5.97 Å². The van der Waals surface area contributed by atoms with Gasteiger partial charge in [-0.15, -0.1) is 11.3 Å². The number of benzene rings is 1. The van der Waals surface area contributed by atoms with Crippen molar-refractivity contribution in [2.75, 3.05) is 5.32 Å². The van der Waals surface area contributed by atoms with E-state index in [1.54, 1.807) is 6.08 Å². The molecule has 1 amide bonds. The van der Waals surface area contributed by atoms with E-state index in [4.69, 9.17) is 0 Å². The molecule has 1 unspecified atom stereocenters. The number of anilines is 1. The van der Waals surface area contributed by atoms with Crippen LogP contribution in [-0.2, 0) is 9.59 Å². The van der Waals surface area contributed by atoms with Crippen LogP contribution in [0, 0.1) is 12.8 Å². The first-order valence-electron chi connectivity index (χ1n) is 7.83. The van der Waals surface area contributed by atoms with E-state index in [0.29, 0.717) is 17.1 Å². The molecule has 0 saturated carbocycles. The number of amides is 1. The van der Waals surface area contributed by atoms with Gasteiger partial charge in [0.2, 0.25) is 0 Å². The van der Waals surface area contributed by atoms with Crippen LogP contribution in [0.15, 0.2) is 42.0 Å². The quantitative estimate of drug-likeness (QED) is 0.884.